The maximum Gasteiger partial charge on any atom is 0.303 e. The van der Waals surface area contributed by atoms with E-state index in [1.54, 1.807) is 24.3 Å². The van der Waals surface area contributed by atoms with Crippen LogP contribution >= 0.6 is 11.6 Å². The Morgan fingerprint density at radius 1 is 1.13 bits per heavy atom. The second-order valence-corrected chi connectivity index (χ2v) is 9.69. The van der Waals surface area contributed by atoms with Gasteiger partial charge in [-0.1, -0.05) is 29.8 Å². The van der Waals surface area contributed by atoms with E-state index in [0.29, 0.717) is 36.8 Å². The SMILES string of the molecule is C=CC(N1CCN(c2ccc(Cl)cc2)CC1)S(=O)(=O)c1cccc(CCC(=O)O)c1. The molecular formula is C22H25ClN2O4S. The van der Waals surface area contributed by atoms with Gasteiger partial charge in [0.2, 0.25) is 0 Å². The van der Waals surface area contributed by atoms with Crippen LogP contribution in [0.1, 0.15) is 12.0 Å². The molecule has 160 valence electrons. The number of carbonyl (C=O) groups is 1. The van der Waals surface area contributed by atoms with Crippen LogP contribution in [0.4, 0.5) is 5.69 Å². The fourth-order valence-corrected chi connectivity index (χ4v) is 5.47. The Balaban J connectivity index is 1.72. The molecule has 1 unspecified atom stereocenters. The van der Waals surface area contributed by atoms with Gasteiger partial charge in [-0.2, -0.15) is 0 Å². The van der Waals surface area contributed by atoms with Crippen LogP contribution in [0.5, 0.6) is 0 Å². The third kappa shape index (κ3) is 5.22. The molecule has 6 nitrogen and oxygen atoms in total. The van der Waals surface area contributed by atoms with Gasteiger partial charge >= 0.3 is 5.97 Å². The lowest BCUT2D eigenvalue weighted by Crippen LogP contribution is -2.52. The first-order valence-electron chi connectivity index (χ1n) is 9.73. The van der Waals surface area contributed by atoms with E-state index >= 15 is 0 Å². The number of hydrogen-bond donors (Lipinski definition) is 1. The van der Waals surface area contributed by atoms with Crippen LogP contribution in [0, 0.1) is 0 Å². The third-order valence-corrected chi connectivity index (χ3v) is 7.53. The van der Waals surface area contributed by atoms with Crippen molar-refractivity contribution in [3.8, 4) is 0 Å². The molecule has 1 aliphatic heterocycles. The number of piperazine rings is 1. The molecule has 0 aliphatic carbocycles. The molecule has 1 fully saturated rings. The number of carboxylic acids is 1. The number of carboxylic acid groups (broad SMARTS) is 1. The molecule has 2 aromatic carbocycles. The van der Waals surface area contributed by atoms with Crippen molar-refractivity contribution in [1.29, 1.82) is 0 Å². The summed E-state index contributed by atoms with van der Waals surface area (Å²) in [5, 5.41) is 8.72. The molecule has 0 saturated carbocycles. The molecule has 3 rings (SSSR count). The van der Waals surface area contributed by atoms with Crippen LogP contribution < -0.4 is 4.90 Å². The number of aryl methyl sites for hydroxylation is 1. The smallest absolute Gasteiger partial charge is 0.303 e. The first kappa shape index (κ1) is 22.3. The molecule has 0 spiro atoms. The van der Waals surface area contributed by atoms with Crippen molar-refractivity contribution in [2.45, 2.75) is 23.1 Å². The fourth-order valence-electron chi connectivity index (χ4n) is 3.63. The van der Waals surface area contributed by atoms with Crippen LogP contribution in [0.2, 0.25) is 5.02 Å². The molecule has 1 atom stereocenters. The number of hydrogen-bond acceptors (Lipinski definition) is 5. The van der Waals surface area contributed by atoms with E-state index in [1.807, 2.05) is 29.2 Å². The molecule has 1 heterocycles. The number of halogens is 1. The summed E-state index contributed by atoms with van der Waals surface area (Å²) >= 11 is 5.96. The van der Waals surface area contributed by atoms with Gasteiger partial charge in [0.15, 0.2) is 9.84 Å². The Kier molecular flexibility index (Phi) is 7.18. The lowest BCUT2D eigenvalue weighted by Gasteiger charge is -2.39. The average molecular weight is 449 g/mol. The fraction of sp³-hybridized carbons (Fsp3) is 0.318. The van der Waals surface area contributed by atoms with Crippen molar-refractivity contribution < 1.29 is 18.3 Å². The Hall–Kier alpha value is -2.35. The van der Waals surface area contributed by atoms with Gasteiger partial charge in [0.05, 0.1) is 4.90 Å². The van der Waals surface area contributed by atoms with E-state index in [0.717, 1.165) is 5.69 Å². The molecule has 1 N–H and O–H groups in total. The molecule has 0 radical (unpaired) electrons. The van der Waals surface area contributed by atoms with Crippen molar-refractivity contribution >= 4 is 33.1 Å². The molecule has 2 aromatic rings. The zero-order valence-corrected chi connectivity index (χ0v) is 18.1. The Morgan fingerprint density at radius 2 is 1.80 bits per heavy atom. The van der Waals surface area contributed by atoms with Crippen molar-refractivity contribution in [2.75, 3.05) is 31.1 Å². The zero-order valence-electron chi connectivity index (χ0n) is 16.6. The lowest BCUT2D eigenvalue weighted by atomic mass is 10.1. The van der Waals surface area contributed by atoms with Crippen molar-refractivity contribution in [1.82, 2.24) is 4.90 Å². The summed E-state index contributed by atoms with van der Waals surface area (Å²) < 4.78 is 26.6. The highest BCUT2D eigenvalue weighted by molar-refractivity contribution is 7.92. The Morgan fingerprint density at radius 3 is 2.40 bits per heavy atom. The van der Waals surface area contributed by atoms with Gasteiger partial charge in [-0.15, -0.1) is 6.58 Å². The minimum Gasteiger partial charge on any atom is -0.481 e. The second kappa shape index (κ2) is 9.64. The van der Waals surface area contributed by atoms with E-state index in [9.17, 15) is 13.2 Å². The first-order chi connectivity index (χ1) is 14.3. The van der Waals surface area contributed by atoms with E-state index in [2.05, 4.69) is 11.5 Å². The van der Waals surface area contributed by atoms with Gasteiger partial charge in [-0.3, -0.25) is 9.69 Å². The number of sulfone groups is 1. The predicted octanol–water partition coefficient (Wildman–Crippen LogP) is 3.47. The monoisotopic (exact) mass is 448 g/mol. The summed E-state index contributed by atoms with van der Waals surface area (Å²) in [6, 6.07) is 14.1. The second-order valence-electron chi connectivity index (χ2n) is 7.21. The van der Waals surface area contributed by atoms with Gasteiger partial charge in [0, 0.05) is 43.3 Å². The summed E-state index contributed by atoms with van der Waals surface area (Å²) in [6.07, 6.45) is 1.72. The van der Waals surface area contributed by atoms with E-state index in [1.165, 1.54) is 6.08 Å². The summed E-state index contributed by atoms with van der Waals surface area (Å²) in [7, 11) is -3.68. The molecule has 8 heteroatoms. The first-order valence-corrected chi connectivity index (χ1v) is 11.7. The molecule has 1 saturated heterocycles. The molecule has 30 heavy (non-hydrogen) atoms. The van der Waals surface area contributed by atoms with Crippen LogP contribution in [-0.2, 0) is 21.1 Å². The highest BCUT2D eigenvalue weighted by atomic mass is 35.5. The predicted molar refractivity (Wildman–Crippen MR) is 119 cm³/mol. The van der Waals surface area contributed by atoms with Crippen molar-refractivity contribution in [3.05, 3.63) is 71.8 Å². The number of nitrogens with zero attached hydrogens (tertiary/aromatic N) is 2. The number of rotatable bonds is 8. The highest BCUT2D eigenvalue weighted by Gasteiger charge is 2.32. The third-order valence-electron chi connectivity index (χ3n) is 5.24. The van der Waals surface area contributed by atoms with Crippen molar-refractivity contribution in [3.63, 3.8) is 0 Å². The topological polar surface area (TPSA) is 77.9 Å². The molecule has 0 bridgehead atoms. The van der Waals surface area contributed by atoms with Crippen LogP contribution in [-0.4, -0.2) is 55.9 Å². The molecule has 0 amide bonds. The minimum atomic E-state index is -3.68. The van der Waals surface area contributed by atoms with Gasteiger partial charge < -0.3 is 10.0 Å². The zero-order chi connectivity index (χ0) is 21.7. The quantitative estimate of drug-likeness (QED) is 0.623. The van der Waals surface area contributed by atoms with E-state index < -0.39 is 21.2 Å². The number of aliphatic carboxylic acids is 1. The summed E-state index contributed by atoms with van der Waals surface area (Å²) in [6.45, 7) is 6.32. The average Bonchev–Trinajstić information content (AvgIpc) is 2.74. The maximum atomic E-state index is 13.3. The Bertz CT molecular complexity index is 1000. The highest BCUT2D eigenvalue weighted by Crippen LogP contribution is 2.25. The molecular weight excluding hydrogens is 424 g/mol. The normalized spacial score (nSPS) is 16.2. The summed E-state index contributed by atoms with van der Waals surface area (Å²) in [4.78, 5) is 15.1. The Labute approximate surface area is 182 Å². The van der Waals surface area contributed by atoms with Gasteiger partial charge in [0.25, 0.3) is 0 Å². The van der Waals surface area contributed by atoms with Crippen molar-refractivity contribution in [2.24, 2.45) is 0 Å². The van der Waals surface area contributed by atoms with Gasteiger partial charge in [-0.05, 0) is 48.4 Å². The van der Waals surface area contributed by atoms with E-state index in [4.69, 9.17) is 16.7 Å². The number of anilines is 1. The largest absolute Gasteiger partial charge is 0.481 e. The van der Waals surface area contributed by atoms with Crippen LogP contribution in [0.15, 0.2) is 66.1 Å². The number of benzene rings is 2. The van der Waals surface area contributed by atoms with Gasteiger partial charge in [0.1, 0.15) is 5.37 Å². The maximum absolute atomic E-state index is 13.3. The standard InChI is InChI=1S/C22H25ClN2O4S/c1-2-21(25-14-12-24(13-15-25)19-9-7-18(23)8-10-19)30(28,29)20-5-3-4-17(16-20)6-11-22(26)27/h2-5,7-10,16,21H,1,6,11-15H2,(H,26,27). The van der Waals surface area contributed by atoms with Gasteiger partial charge in [-0.25, -0.2) is 8.42 Å². The van der Waals surface area contributed by atoms with E-state index in [-0.39, 0.29) is 17.7 Å². The minimum absolute atomic E-state index is 0.0406. The molecule has 0 aromatic heterocycles. The lowest BCUT2D eigenvalue weighted by molar-refractivity contribution is -0.136. The summed E-state index contributed by atoms with van der Waals surface area (Å²) in [5.74, 6) is -0.911. The summed E-state index contributed by atoms with van der Waals surface area (Å²) in [5.41, 5.74) is 1.75. The van der Waals surface area contributed by atoms with Crippen LogP contribution in [0.3, 0.4) is 0 Å². The molecule has 1 aliphatic rings. The van der Waals surface area contributed by atoms with Crippen LogP contribution in [0.25, 0.3) is 0 Å².